The minimum atomic E-state index is 0.0232. The molecular weight excluding hydrogens is 324 g/mol. The zero-order chi connectivity index (χ0) is 17.5. The second kappa shape index (κ2) is 9.18. The summed E-state index contributed by atoms with van der Waals surface area (Å²) < 4.78 is 10.8. The van der Waals surface area contributed by atoms with Crippen LogP contribution in [0.15, 0.2) is 18.2 Å². The first-order chi connectivity index (χ1) is 11.6. The molecule has 0 aliphatic carbocycles. The van der Waals surface area contributed by atoms with Gasteiger partial charge in [-0.3, -0.25) is 4.79 Å². The van der Waals surface area contributed by atoms with Gasteiger partial charge in [0.25, 0.3) is 0 Å². The van der Waals surface area contributed by atoms with Gasteiger partial charge in [0.2, 0.25) is 5.91 Å². The number of methoxy groups -OCH3 is 2. The van der Waals surface area contributed by atoms with Crippen molar-refractivity contribution in [1.29, 1.82) is 0 Å². The quantitative estimate of drug-likeness (QED) is 0.683. The number of nitrogens with zero attached hydrogens (tertiary/aromatic N) is 2. The highest BCUT2D eigenvalue weighted by Gasteiger charge is 2.34. The Morgan fingerprint density at radius 3 is 2.62 bits per heavy atom. The summed E-state index contributed by atoms with van der Waals surface area (Å²) >= 11 is 1.67. The number of rotatable bonds is 9. The van der Waals surface area contributed by atoms with Crippen LogP contribution in [0.25, 0.3) is 0 Å². The van der Waals surface area contributed by atoms with Crippen molar-refractivity contribution in [3.63, 3.8) is 0 Å². The number of hydrogen-bond donors (Lipinski definition) is 0. The molecule has 1 aliphatic heterocycles. The SMILES string of the molecule is CCN(CC)CCCN1C(=O)CSC1c1ccc(OC)cc1OC. The predicted molar refractivity (Wildman–Crippen MR) is 98.9 cm³/mol. The minimum Gasteiger partial charge on any atom is -0.497 e. The maximum absolute atomic E-state index is 12.3. The van der Waals surface area contributed by atoms with Crippen molar-refractivity contribution >= 4 is 17.7 Å². The summed E-state index contributed by atoms with van der Waals surface area (Å²) in [6, 6.07) is 5.81. The standard InChI is InChI=1S/C18H28N2O3S/c1-5-19(6-2)10-7-11-20-17(21)13-24-18(20)15-9-8-14(22-3)12-16(15)23-4/h8-9,12,18H,5-7,10-11,13H2,1-4H3. The van der Waals surface area contributed by atoms with Gasteiger partial charge in [-0.15, -0.1) is 11.8 Å². The molecule has 1 aromatic carbocycles. The molecule has 1 saturated heterocycles. The molecule has 5 nitrogen and oxygen atoms in total. The van der Waals surface area contributed by atoms with Gasteiger partial charge in [0.1, 0.15) is 16.9 Å². The number of carbonyl (C=O) groups excluding carboxylic acids is 1. The molecule has 0 bridgehead atoms. The smallest absolute Gasteiger partial charge is 0.233 e. The highest BCUT2D eigenvalue weighted by molar-refractivity contribution is 8.00. The molecule has 1 atom stereocenters. The Morgan fingerprint density at radius 2 is 2.00 bits per heavy atom. The van der Waals surface area contributed by atoms with Gasteiger partial charge in [0.05, 0.1) is 20.0 Å². The summed E-state index contributed by atoms with van der Waals surface area (Å²) in [5, 5.41) is 0.0232. The van der Waals surface area contributed by atoms with Gasteiger partial charge in [0.15, 0.2) is 0 Å². The van der Waals surface area contributed by atoms with Crippen molar-refractivity contribution in [2.75, 3.05) is 46.2 Å². The fourth-order valence-electron chi connectivity index (χ4n) is 2.98. The Morgan fingerprint density at radius 1 is 1.25 bits per heavy atom. The fourth-order valence-corrected chi connectivity index (χ4v) is 4.22. The van der Waals surface area contributed by atoms with E-state index < -0.39 is 0 Å². The highest BCUT2D eigenvalue weighted by Crippen LogP contribution is 2.43. The zero-order valence-electron chi connectivity index (χ0n) is 15.1. The monoisotopic (exact) mass is 352 g/mol. The summed E-state index contributed by atoms with van der Waals surface area (Å²) in [6.07, 6.45) is 0.989. The molecule has 0 N–H and O–H groups in total. The zero-order valence-corrected chi connectivity index (χ0v) is 15.9. The first-order valence-electron chi connectivity index (χ1n) is 8.49. The Bertz CT molecular complexity index is 549. The molecule has 0 radical (unpaired) electrons. The molecule has 1 heterocycles. The maximum Gasteiger partial charge on any atom is 0.233 e. The van der Waals surface area contributed by atoms with Crippen LogP contribution in [0.2, 0.25) is 0 Å². The number of ether oxygens (including phenoxy) is 2. The Hall–Kier alpha value is -1.40. The van der Waals surface area contributed by atoms with E-state index in [4.69, 9.17) is 9.47 Å². The summed E-state index contributed by atoms with van der Waals surface area (Å²) in [4.78, 5) is 16.7. The molecule has 2 rings (SSSR count). The van der Waals surface area contributed by atoms with E-state index in [1.54, 1.807) is 26.0 Å². The van der Waals surface area contributed by atoms with Gasteiger partial charge in [-0.25, -0.2) is 0 Å². The van der Waals surface area contributed by atoms with E-state index in [2.05, 4.69) is 18.7 Å². The summed E-state index contributed by atoms with van der Waals surface area (Å²) in [6.45, 7) is 8.25. The first kappa shape index (κ1) is 18.9. The lowest BCUT2D eigenvalue weighted by Gasteiger charge is -2.27. The van der Waals surface area contributed by atoms with E-state index >= 15 is 0 Å². The van der Waals surface area contributed by atoms with E-state index in [0.717, 1.165) is 49.7 Å². The predicted octanol–water partition coefficient (Wildman–Crippen LogP) is 3.01. The third kappa shape index (κ3) is 4.36. The second-order valence-electron chi connectivity index (χ2n) is 5.74. The van der Waals surface area contributed by atoms with E-state index in [0.29, 0.717) is 5.75 Å². The summed E-state index contributed by atoms with van der Waals surface area (Å²) in [7, 11) is 3.30. The van der Waals surface area contributed by atoms with Gasteiger partial charge >= 0.3 is 0 Å². The topological polar surface area (TPSA) is 42.0 Å². The second-order valence-corrected chi connectivity index (χ2v) is 6.81. The highest BCUT2D eigenvalue weighted by atomic mass is 32.2. The molecular formula is C18H28N2O3S. The van der Waals surface area contributed by atoms with Gasteiger partial charge in [-0.1, -0.05) is 13.8 Å². The van der Waals surface area contributed by atoms with Crippen LogP contribution in [0.4, 0.5) is 0 Å². The number of thioether (sulfide) groups is 1. The summed E-state index contributed by atoms with van der Waals surface area (Å²) in [5.74, 6) is 2.28. The number of amides is 1. The van der Waals surface area contributed by atoms with Crippen molar-refractivity contribution in [2.24, 2.45) is 0 Å². The molecule has 1 amide bonds. The van der Waals surface area contributed by atoms with Gasteiger partial charge in [0, 0.05) is 18.2 Å². The molecule has 0 saturated carbocycles. The van der Waals surface area contributed by atoms with Gasteiger partial charge in [-0.2, -0.15) is 0 Å². The molecule has 1 aromatic rings. The van der Waals surface area contributed by atoms with Crippen LogP contribution in [-0.2, 0) is 4.79 Å². The maximum atomic E-state index is 12.3. The van der Waals surface area contributed by atoms with E-state index in [-0.39, 0.29) is 11.3 Å². The average molecular weight is 353 g/mol. The largest absolute Gasteiger partial charge is 0.497 e. The van der Waals surface area contributed by atoms with Crippen LogP contribution in [0.1, 0.15) is 31.2 Å². The van der Waals surface area contributed by atoms with Crippen LogP contribution in [-0.4, -0.2) is 61.9 Å². The minimum absolute atomic E-state index is 0.0232. The molecule has 134 valence electrons. The third-order valence-electron chi connectivity index (χ3n) is 4.44. The number of benzene rings is 1. The fraction of sp³-hybridized carbons (Fsp3) is 0.611. The van der Waals surface area contributed by atoms with E-state index in [1.807, 2.05) is 23.1 Å². The van der Waals surface area contributed by atoms with Gasteiger partial charge in [-0.05, 0) is 38.2 Å². The van der Waals surface area contributed by atoms with Crippen molar-refractivity contribution in [3.8, 4) is 11.5 Å². The molecule has 24 heavy (non-hydrogen) atoms. The van der Waals surface area contributed by atoms with Crippen molar-refractivity contribution < 1.29 is 14.3 Å². The molecule has 1 unspecified atom stereocenters. The van der Waals surface area contributed by atoms with Gasteiger partial charge < -0.3 is 19.3 Å². The lowest BCUT2D eigenvalue weighted by atomic mass is 10.1. The van der Waals surface area contributed by atoms with E-state index in [1.165, 1.54) is 0 Å². The van der Waals surface area contributed by atoms with Crippen molar-refractivity contribution in [3.05, 3.63) is 23.8 Å². The normalized spacial score (nSPS) is 17.6. The van der Waals surface area contributed by atoms with Crippen molar-refractivity contribution in [2.45, 2.75) is 25.6 Å². The van der Waals surface area contributed by atoms with Crippen LogP contribution in [0.5, 0.6) is 11.5 Å². The van der Waals surface area contributed by atoms with Crippen LogP contribution < -0.4 is 9.47 Å². The van der Waals surface area contributed by atoms with Crippen LogP contribution >= 0.6 is 11.8 Å². The first-order valence-corrected chi connectivity index (χ1v) is 9.54. The molecule has 0 spiro atoms. The Balaban J connectivity index is 2.09. The third-order valence-corrected chi connectivity index (χ3v) is 5.68. The van der Waals surface area contributed by atoms with Crippen LogP contribution in [0, 0.1) is 0 Å². The number of hydrogen-bond acceptors (Lipinski definition) is 5. The lowest BCUT2D eigenvalue weighted by molar-refractivity contribution is -0.128. The molecule has 1 fully saturated rings. The van der Waals surface area contributed by atoms with Crippen LogP contribution in [0.3, 0.4) is 0 Å². The average Bonchev–Trinajstić information content (AvgIpc) is 2.98. The summed E-state index contributed by atoms with van der Waals surface area (Å²) in [5.41, 5.74) is 1.04. The lowest BCUT2D eigenvalue weighted by Crippen LogP contribution is -2.32. The van der Waals surface area contributed by atoms with Crippen molar-refractivity contribution in [1.82, 2.24) is 9.80 Å². The molecule has 6 heteroatoms. The Labute approximate surface area is 149 Å². The number of carbonyl (C=O) groups is 1. The molecule has 1 aliphatic rings. The molecule has 0 aromatic heterocycles. The van der Waals surface area contributed by atoms with E-state index in [9.17, 15) is 4.79 Å². The Kier molecular flexibility index (Phi) is 7.24.